The molecule has 1 aromatic rings. The molecule has 0 aromatic carbocycles. The number of rotatable bonds is 3. The normalized spacial score (nSPS) is 19.7. The largest absolute Gasteiger partial charge is 0.444 e. The Bertz CT molecular complexity index is 597. The van der Waals surface area contributed by atoms with E-state index in [-0.39, 0.29) is 17.9 Å². The number of likely N-dealkylation sites (tertiary alicyclic amines) is 1. The zero-order valence-corrected chi connectivity index (χ0v) is 16.2. The number of amides is 2. The van der Waals surface area contributed by atoms with E-state index in [4.69, 9.17) is 16.3 Å². The summed E-state index contributed by atoms with van der Waals surface area (Å²) in [5, 5.41) is 2.89. The van der Waals surface area contributed by atoms with Gasteiger partial charge in [-0.15, -0.1) is 11.3 Å². The van der Waals surface area contributed by atoms with Crippen molar-refractivity contribution in [2.45, 2.75) is 52.2 Å². The van der Waals surface area contributed by atoms with Crippen molar-refractivity contribution in [1.29, 1.82) is 0 Å². The van der Waals surface area contributed by atoms with E-state index in [0.29, 0.717) is 15.8 Å². The lowest BCUT2D eigenvalue weighted by Crippen LogP contribution is -2.48. The van der Waals surface area contributed by atoms with Gasteiger partial charge in [-0.3, -0.25) is 4.79 Å². The van der Waals surface area contributed by atoms with E-state index in [2.05, 4.69) is 5.32 Å². The van der Waals surface area contributed by atoms with E-state index >= 15 is 0 Å². The highest BCUT2D eigenvalue weighted by Crippen LogP contribution is 2.26. The minimum atomic E-state index is -0.517. The third-order valence-electron chi connectivity index (χ3n) is 3.98. The minimum absolute atomic E-state index is 0.0149. The molecule has 0 bridgehead atoms. The number of nitrogens with one attached hydrogen (secondary N) is 1. The molecule has 7 heteroatoms. The van der Waals surface area contributed by atoms with Crippen molar-refractivity contribution in [2.75, 3.05) is 13.1 Å². The molecule has 1 aliphatic rings. The van der Waals surface area contributed by atoms with E-state index in [1.165, 1.54) is 11.3 Å². The standard InChI is InChI=1S/C17H25ClN2O3S/c1-11(19-16(22)23-17(2,3)4)12-6-5-9-20(10-12)15(21)13-7-8-14(18)24-13/h7-8,11-12H,5-6,9-10H2,1-4H3,(H,19,22)/t11-,12+/m0/s1. The third-order valence-corrected chi connectivity index (χ3v) is 5.20. The van der Waals surface area contributed by atoms with Crippen LogP contribution in [0.25, 0.3) is 0 Å². The summed E-state index contributed by atoms with van der Waals surface area (Å²) in [5.74, 6) is 0.228. The SMILES string of the molecule is C[C@H](NC(=O)OC(C)(C)C)[C@@H]1CCCN(C(=O)c2ccc(Cl)s2)C1. The van der Waals surface area contributed by atoms with Crippen molar-refractivity contribution in [3.05, 3.63) is 21.3 Å². The van der Waals surface area contributed by atoms with Crippen LogP contribution >= 0.6 is 22.9 Å². The first-order valence-corrected chi connectivity index (χ1v) is 9.39. The molecule has 2 heterocycles. The lowest BCUT2D eigenvalue weighted by atomic mass is 9.91. The molecule has 1 N–H and O–H groups in total. The maximum absolute atomic E-state index is 12.6. The highest BCUT2D eigenvalue weighted by atomic mass is 35.5. The van der Waals surface area contributed by atoms with Crippen LogP contribution in [0, 0.1) is 5.92 Å². The predicted octanol–water partition coefficient (Wildman–Crippen LogP) is 4.17. The summed E-state index contributed by atoms with van der Waals surface area (Å²) in [7, 11) is 0. The number of thiophene rings is 1. The second-order valence-electron chi connectivity index (χ2n) is 7.19. The molecule has 24 heavy (non-hydrogen) atoms. The Morgan fingerprint density at radius 3 is 2.71 bits per heavy atom. The van der Waals surface area contributed by atoms with Gasteiger partial charge >= 0.3 is 6.09 Å². The number of nitrogens with zero attached hydrogens (tertiary/aromatic N) is 1. The zero-order valence-electron chi connectivity index (χ0n) is 14.6. The molecule has 2 atom stereocenters. The van der Waals surface area contributed by atoms with Gasteiger partial charge in [-0.2, -0.15) is 0 Å². The number of carbonyl (C=O) groups is 2. The van der Waals surface area contributed by atoms with Gasteiger partial charge in [-0.05, 0) is 58.6 Å². The number of halogens is 1. The summed E-state index contributed by atoms with van der Waals surface area (Å²) in [6.45, 7) is 8.85. The second-order valence-corrected chi connectivity index (χ2v) is 8.91. The lowest BCUT2D eigenvalue weighted by Gasteiger charge is -2.36. The molecule has 1 aromatic heterocycles. The predicted molar refractivity (Wildman–Crippen MR) is 96.8 cm³/mol. The molecule has 134 valence electrons. The van der Waals surface area contributed by atoms with Gasteiger partial charge in [0.25, 0.3) is 5.91 Å². The molecule has 2 rings (SSSR count). The van der Waals surface area contributed by atoms with Gasteiger partial charge in [-0.1, -0.05) is 11.6 Å². The summed E-state index contributed by atoms with van der Waals surface area (Å²) in [6, 6.07) is 3.46. The van der Waals surface area contributed by atoms with Crippen molar-refractivity contribution in [2.24, 2.45) is 5.92 Å². The van der Waals surface area contributed by atoms with Gasteiger partial charge in [-0.25, -0.2) is 4.79 Å². The van der Waals surface area contributed by atoms with E-state index < -0.39 is 11.7 Å². The number of hydrogen-bond acceptors (Lipinski definition) is 4. The van der Waals surface area contributed by atoms with Gasteiger partial charge in [0.2, 0.25) is 0 Å². The zero-order chi connectivity index (χ0) is 17.9. The monoisotopic (exact) mass is 372 g/mol. The number of alkyl carbamates (subject to hydrolysis) is 1. The molecule has 0 radical (unpaired) electrons. The summed E-state index contributed by atoms with van der Waals surface area (Å²) in [5.41, 5.74) is -0.517. The molecule has 5 nitrogen and oxygen atoms in total. The number of carbonyl (C=O) groups excluding carboxylic acids is 2. The summed E-state index contributed by atoms with van der Waals surface area (Å²) in [4.78, 5) is 27.0. The van der Waals surface area contributed by atoms with Crippen molar-refractivity contribution >= 4 is 34.9 Å². The highest BCUT2D eigenvalue weighted by Gasteiger charge is 2.30. The first-order chi connectivity index (χ1) is 11.2. The average molecular weight is 373 g/mol. The maximum atomic E-state index is 12.6. The van der Waals surface area contributed by atoms with Crippen LogP contribution in [0.3, 0.4) is 0 Å². The first-order valence-electron chi connectivity index (χ1n) is 8.20. The van der Waals surface area contributed by atoms with Crippen LogP contribution in [0.1, 0.15) is 50.2 Å². The molecule has 1 fully saturated rings. The summed E-state index contributed by atoms with van der Waals surface area (Å²) in [6.07, 6.45) is 1.49. The Balaban J connectivity index is 1.92. The molecule has 0 unspecified atom stereocenters. The summed E-state index contributed by atoms with van der Waals surface area (Å²) >= 11 is 7.22. The first kappa shape index (κ1) is 19.1. The maximum Gasteiger partial charge on any atom is 0.407 e. The van der Waals surface area contributed by atoms with Crippen LogP contribution in [-0.2, 0) is 4.74 Å². The number of piperidine rings is 1. The molecule has 1 aliphatic heterocycles. The van der Waals surface area contributed by atoms with Crippen LogP contribution in [0.4, 0.5) is 4.79 Å². The highest BCUT2D eigenvalue weighted by molar-refractivity contribution is 7.17. The van der Waals surface area contributed by atoms with Gasteiger partial charge in [0, 0.05) is 19.1 Å². The minimum Gasteiger partial charge on any atom is -0.444 e. The Labute approximate surface area is 152 Å². The topological polar surface area (TPSA) is 58.6 Å². The second kappa shape index (κ2) is 7.74. The van der Waals surface area contributed by atoms with E-state index in [1.54, 1.807) is 12.1 Å². The fraction of sp³-hybridized carbons (Fsp3) is 0.647. The lowest BCUT2D eigenvalue weighted by molar-refractivity contribution is 0.0461. The fourth-order valence-electron chi connectivity index (χ4n) is 2.80. The van der Waals surface area contributed by atoms with Crippen LogP contribution in [0.2, 0.25) is 4.34 Å². The quantitative estimate of drug-likeness (QED) is 0.866. The fourth-order valence-corrected chi connectivity index (χ4v) is 3.81. The molecular weight excluding hydrogens is 348 g/mol. The molecule has 0 aliphatic carbocycles. The van der Waals surface area contributed by atoms with Gasteiger partial charge < -0.3 is 15.0 Å². The number of ether oxygens (including phenoxy) is 1. The van der Waals surface area contributed by atoms with Crippen molar-refractivity contribution in [3.8, 4) is 0 Å². The van der Waals surface area contributed by atoms with Crippen LogP contribution < -0.4 is 5.32 Å². The van der Waals surface area contributed by atoms with Crippen LogP contribution in [-0.4, -0.2) is 41.6 Å². The molecule has 0 saturated carbocycles. The van der Waals surface area contributed by atoms with Crippen molar-refractivity contribution < 1.29 is 14.3 Å². The number of hydrogen-bond donors (Lipinski definition) is 1. The van der Waals surface area contributed by atoms with Gasteiger partial charge in [0.15, 0.2) is 0 Å². The Kier molecular flexibility index (Phi) is 6.15. The smallest absolute Gasteiger partial charge is 0.407 e. The Morgan fingerprint density at radius 2 is 2.12 bits per heavy atom. The van der Waals surface area contributed by atoms with Gasteiger partial charge in [0.1, 0.15) is 5.60 Å². The molecule has 0 spiro atoms. The van der Waals surface area contributed by atoms with Gasteiger partial charge in [0.05, 0.1) is 9.21 Å². The van der Waals surface area contributed by atoms with Crippen molar-refractivity contribution in [3.63, 3.8) is 0 Å². The summed E-state index contributed by atoms with van der Waals surface area (Å²) < 4.78 is 5.92. The van der Waals surface area contributed by atoms with E-state index in [1.807, 2.05) is 32.6 Å². The average Bonchev–Trinajstić information content (AvgIpc) is 2.91. The Hall–Kier alpha value is -1.27. The van der Waals surface area contributed by atoms with E-state index in [9.17, 15) is 9.59 Å². The Morgan fingerprint density at radius 1 is 1.42 bits per heavy atom. The molecule has 1 saturated heterocycles. The van der Waals surface area contributed by atoms with Crippen LogP contribution in [0.15, 0.2) is 12.1 Å². The third kappa shape index (κ3) is 5.38. The van der Waals surface area contributed by atoms with E-state index in [0.717, 1.165) is 19.4 Å². The molecular formula is C17H25ClN2O3S. The van der Waals surface area contributed by atoms with Crippen molar-refractivity contribution in [1.82, 2.24) is 10.2 Å². The van der Waals surface area contributed by atoms with Crippen LogP contribution in [0.5, 0.6) is 0 Å². The molecule has 2 amide bonds.